The van der Waals surface area contributed by atoms with Crippen LogP contribution in [0.25, 0.3) is 22.3 Å². The Hall–Kier alpha value is -2.40. The van der Waals surface area contributed by atoms with Crippen molar-refractivity contribution in [2.45, 2.75) is 0 Å². The molecule has 3 aromatic rings. The molecule has 0 aromatic carbocycles. The molecule has 0 fully saturated rings. The van der Waals surface area contributed by atoms with Gasteiger partial charge in [-0.3, -0.25) is 4.98 Å². The van der Waals surface area contributed by atoms with Crippen molar-refractivity contribution in [3.05, 3.63) is 47.9 Å². The predicted octanol–water partition coefficient (Wildman–Crippen LogP) is 3.28. The fourth-order valence-corrected chi connectivity index (χ4v) is 2.16. The first-order valence-corrected chi connectivity index (χ1v) is 5.86. The number of carboxylic acid groups (broad SMARTS) is 1. The van der Waals surface area contributed by atoms with Gasteiger partial charge in [-0.1, -0.05) is 17.7 Å². The molecule has 94 valence electrons. The van der Waals surface area contributed by atoms with E-state index < -0.39 is 6.09 Å². The zero-order valence-corrected chi connectivity index (χ0v) is 10.4. The van der Waals surface area contributed by atoms with Crippen LogP contribution in [0.2, 0.25) is 5.15 Å². The fourth-order valence-electron chi connectivity index (χ4n) is 1.99. The van der Waals surface area contributed by atoms with Crippen molar-refractivity contribution < 1.29 is 9.90 Å². The summed E-state index contributed by atoms with van der Waals surface area (Å²) in [5.41, 5.74) is 1.50. The van der Waals surface area contributed by atoms with Gasteiger partial charge in [-0.15, -0.1) is 0 Å². The molecule has 0 aliphatic carbocycles. The van der Waals surface area contributed by atoms with E-state index in [0.717, 1.165) is 9.95 Å². The minimum absolute atomic E-state index is 0.317. The van der Waals surface area contributed by atoms with E-state index in [-0.39, 0.29) is 0 Å². The third-order valence-corrected chi connectivity index (χ3v) is 2.99. The number of halogens is 1. The monoisotopic (exact) mass is 273 g/mol. The summed E-state index contributed by atoms with van der Waals surface area (Å²) in [7, 11) is 0. The summed E-state index contributed by atoms with van der Waals surface area (Å²) in [5, 5.41) is 10.5. The van der Waals surface area contributed by atoms with Crippen LogP contribution in [-0.2, 0) is 0 Å². The van der Waals surface area contributed by atoms with E-state index in [9.17, 15) is 9.90 Å². The summed E-state index contributed by atoms with van der Waals surface area (Å²) in [5.74, 6) is 0. The van der Waals surface area contributed by atoms with Crippen molar-refractivity contribution in [3.8, 4) is 11.4 Å². The van der Waals surface area contributed by atoms with Gasteiger partial charge >= 0.3 is 6.09 Å². The zero-order valence-electron chi connectivity index (χ0n) is 9.62. The van der Waals surface area contributed by atoms with E-state index in [2.05, 4.69) is 9.97 Å². The maximum absolute atomic E-state index is 11.4. The number of hydrogen-bond donors (Lipinski definition) is 1. The smallest absolute Gasteiger partial charge is 0.416 e. The van der Waals surface area contributed by atoms with Gasteiger partial charge in [-0.05, 0) is 24.3 Å². The maximum Gasteiger partial charge on any atom is 0.416 e. The van der Waals surface area contributed by atoms with Gasteiger partial charge in [0.15, 0.2) is 0 Å². The lowest BCUT2D eigenvalue weighted by molar-refractivity contribution is 0.198. The topological polar surface area (TPSA) is 68.0 Å². The largest absolute Gasteiger partial charge is 0.464 e. The van der Waals surface area contributed by atoms with E-state index in [1.54, 1.807) is 36.5 Å². The number of carbonyl (C=O) groups is 1. The first kappa shape index (κ1) is 11.7. The minimum atomic E-state index is -1.08. The molecule has 0 spiro atoms. The highest BCUT2D eigenvalue weighted by Gasteiger charge is 2.16. The molecule has 0 saturated heterocycles. The number of fused-ring (bicyclic) bond motifs is 1. The second-order valence-electron chi connectivity index (χ2n) is 3.93. The highest BCUT2D eigenvalue weighted by Crippen LogP contribution is 2.27. The highest BCUT2D eigenvalue weighted by atomic mass is 35.5. The van der Waals surface area contributed by atoms with Crippen LogP contribution >= 0.6 is 11.6 Å². The first-order chi connectivity index (χ1) is 9.16. The van der Waals surface area contributed by atoms with Gasteiger partial charge in [-0.2, -0.15) is 0 Å². The fraction of sp³-hybridized carbons (Fsp3) is 0. The Morgan fingerprint density at radius 1 is 1.32 bits per heavy atom. The summed E-state index contributed by atoms with van der Waals surface area (Å²) >= 11 is 5.85. The SMILES string of the molecule is O=C(O)n1c(-c2cccc(Cl)n2)cc2ccncc21. The number of aromatic nitrogens is 3. The average molecular weight is 274 g/mol. The van der Waals surface area contributed by atoms with Crippen LogP contribution in [0.5, 0.6) is 0 Å². The summed E-state index contributed by atoms with van der Waals surface area (Å²) < 4.78 is 1.15. The van der Waals surface area contributed by atoms with E-state index in [4.69, 9.17) is 11.6 Å². The van der Waals surface area contributed by atoms with Gasteiger partial charge in [-0.25, -0.2) is 14.3 Å². The summed E-state index contributed by atoms with van der Waals surface area (Å²) in [4.78, 5) is 19.5. The lowest BCUT2D eigenvalue weighted by atomic mass is 10.2. The van der Waals surface area contributed by atoms with Gasteiger partial charge in [0, 0.05) is 11.6 Å². The Morgan fingerprint density at radius 2 is 2.16 bits per heavy atom. The van der Waals surface area contributed by atoms with Crippen molar-refractivity contribution >= 4 is 28.6 Å². The molecule has 0 aliphatic rings. The van der Waals surface area contributed by atoms with Crippen molar-refractivity contribution in [1.29, 1.82) is 0 Å². The van der Waals surface area contributed by atoms with Crippen LogP contribution in [0.4, 0.5) is 4.79 Å². The first-order valence-electron chi connectivity index (χ1n) is 5.48. The molecule has 0 amide bonds. The van der Waals surface area contributed by atoms with Crippen LogP contribution in [0, 0.1) is 0 Å². The predicted molar refractivity (Wildman–Crippen MR) is 71.4 cm³/mol. The maximum atomic E-state index is 11.4. The minimum Gasteiger partial charge on any atom is -0.464 e. The molecule has 0 unspecified atom stereocenters. The van der Waals surface area contributed by atoms with Crippen molar-refractivity contribution in [2.75, 3.05) is 0 Å². The average Bonchev–Trinajstić information content (AvgIpc) is 2.78. The van der Waals surface area contributed by atoms with E-state index in [1.807, 2.05) is 0 Å². The molecule has 6 heteroatoms. The molecule has 5 nitrogen and oxygen atoms in total. The third-order valence-electron chi connectivity index (χ3n) is 2.78. The molecule has 19 heavy (non-hydrogen) atoms. The Labute approximate surface area is 113 Å². The van der Waals surface area contributed by atoms with Gasteiger partial charge in [0.25, 0.3) is 0 Å². The number of pyridine rings is 2. The van der Waals surface area contributed by atoms with E-state index >= 15 is 0 Å². The molecule has 1 N–H and O–H groups in total. The molecular weight excluding hydrogens is 266 g/mol. The van der Waals surface area contributed by atoms with Crippen molar-refractivity contribution in [3.63, 3.8) is 0 Å². The Morgan fingerprint density at radius 3 is 2.89 bits per heavy atom. The van der Waals surface area contributed by atoms with Crippen LogP contribution in [-0.4, -0.2) is 25.7 Å². The zero-order chi connectivity index (χ0) is 13.4. The van der Waals surface area contributed by atoms with Crippen molar-refractivity contribution in [2.24, 2.45) is 0 Å². The Bertz CT molecular complexity index is 782. The van der Waals surface area contributed by atoms with E-state index in [1.165, 1.54) is 6.20 Å². The van der Waals surface area contributed by atoms with Gasteiger partial charge in [0.05, 0.1) is 23.1 Å². The van der Waals surface area contributed by atoms with Crippen LogP contribution < -0.4 is 0 Å². The lowest BCUT2D eigenvalue weighted by Crippen LogP contribution is -2.09. The van der Waals surface area contributed by atoms with Gasteiger partial charge in [0.1, 0.15) is 5.15 Å². The Balaban J connectivity index is 2.34. The third kappa shape index (κ3) is 1.94. The molecule has 0 saturated carbocycles. The molecule has 0 radical (unpaired) electrons. The standard InChI is InChI=1S/C13H8ClN3O2/c14-12-3-1-2-9(16-12)10-6-8-4-5-15-7-11(8)17(10)13(18)19/h1-7H,(H,18,19). The summed E-state index contributed by atoms with van der Waals surface area (Å²) in [6.45, 7) is 0. The second-order valence-corrected chi connectivity index (χ2v) is 4.31. The van der Waals surface area contributed by atoms with Crippen LogP contribution in [0.15, 0.2) is 42.7 Å². The quantitative estimate of drug-likeness (QED) is 0.691. The molecule has 0 bridgehead atoms. The van der Waals surface area contributed by atoms with E-state index in [0.29, 0.717) is 22.1 Å². The molecule has 3 rings (SSSR count). The van der Waals surface area contributed by atoms with Gasteiger partial charge in [0.2, 0.25) is 0 Å². The molecule has 3 heterocycles. The Kier molecular flexibility index (Phi) is 2.68. The number of nitrogens with zero attached hydrogens (tertiary/aromatic N) is 3. The highest BCUT2D eigenvalue weighted by molar-refractivity contribution is 6.29. The number of rotatable bonds is 1. The van der Waals surface area contributed by atoms with Crippen molar-refractivity contribution in [1.82, 2.24) is 14.5 Å². The van der Waals surface area contributed by atoms with Crippen LogP contribution in [0.3, 0.4) is 0 Å². The second kappa shape index (κ2) is 4.37. The van der Waals surface area contributed by atoms with Gasteiger partial charge < -0.3 is 5.11 Å². The molecule has 3 aromatic heterocycles. The summed E-state index contributed by atoms with van der Waals surface area (Å²) in [6, 6.07) is 8.59. The normalized spacial score (nSPS) is 10.8. The lowest BCUT2D eigenvalue weighted by Gasteiger charge is -2.04. The molecule has 0 atom stereocenters. The summed E-state index contributed by atoms with van der Waals surface area (Å²) in [6.07, 6.45) is 2.04. The molecular formula is C13H8ClN3O2. The van der Waals surface area contributed by atoms with Crippen LogP contribution in [0.1, 0.15) is 0 Å². The number of hydrogen-bond acceptors (Lipinski definition) is 3. The molecule has 0 aliphatic heterocycles.